The molecule has 0 unspecified atom stereocenters. The third-order valence-corrected chi connectivity index (χ3v) is 4.22. The number of alkyl halides is 3. The van der Waals surface area contributed by atoms with E-state index in [-0.39, 0.29) is 17.2 Å². The molecule has 2 N–H and O–H groups in total. The molecule has 3 heterocycles. The van der Waals surface area contributed by atoms with Crippen LogP contribution in [0.4, 0.5) is 19.0 Å². The molecule has 0 aliphatic carbocycles. The molecule has 5 nitrogen and oxygen atoms in total. The largest absolute Gasteiger partial charge is 0.435 e. The Labute approximate surface area is 131 Å². The van der Waals surface area contributed by atoms with Crippen molar-refractivity contribution in [1.82, 2.24) is 19.6 Å². The van der Waals surface area contributed by atoms with Crippen molar-refractivity contribution < 1.29 is 13.2 Å². The van der Waals surface area contributed by atoms with Gasteiger partial charge in [0, 0.05) is 29.6 Å². The Balaban J connectivity index is 2.25. The van der Waals surface area contributed by atoms with Gasteiger partial charge in [0.15, 0.2) is 11.5 Å². The van der Waals surface area contributed by atoms with Crippen LogP contribution in [0.5, 0.6) is 0 Å². The van der Waals surface area contributed by atoms with Crippen LogP contribution in [0.2, 0.25) is 5.02 Å². The maximum absolute atomic E-state index is 13.3. The van der Waals surface area contributed by atoms with E-state index in [0.717, 1.165) is 16.0 Å². The Morgan fingerprint density at radius 2 is 2.05 bits per heavy atom. The van der Waals surface area contributed by atoms with Gasteiger partial charge in [0.05, 0.1) is 10.6 Å². The number of anilines is 1. The SMILES string of the molecule is Cn1ccc(-n2nc(C(F)(F)F)c(-c3cc(Cl)cs3)c2N)n1. The summed E-state index contributed by atoms with van der Waals surface area (Å²) in [7, 11) is 1.65. The van der Waals surface area contributed by atoms with Crippen LogP contribution in [0.3, 0.4) is 0 Å². The van der Waals surface area contributed by atoms with Crippen LogP contribution in [0.15, 0.2) is 23.7 Å². The van der Waals surface area contributed by atoms with Crippen molar-refractivity contribution in [3.63, 3.8) is 0 Å². The van der Waals surface area contributed by atoms with E-state index < -0.39 is 11.9 Å². The predicted molar refractivity (Wildman–Crippen MR) is 78.1 cm³/mol. The monoisotopic (exact) mass is 347 g/mol. The summed E-state index contributed by atoms with van der Waals surface area (Å²) < 4.78 is 42.2. The molecule has 3 aromatic heterocycles. The number of aryl methyl sites for hydroxylation is 1. The van der Waals surface area contributed by atoms with Gasteiger partial charge in [0.2, 0.25) is 0 Å². The zero-order valence-corrected chi connectivity index (χ0v) is 12.7. The van der Waals surface area contributed by atoms with Crippen molar-refractivity contribution in [2.45, 2.75) is 6.18 Å². The van der Waals surface area contributed by atoms with Crippen LogP contribution in [-0.4, -0.2) is 19.6 Å². The molecule has 0 saturated heterocycles. The molecule has 22 heavy (non-hydrogen) atoms. The summed E-state index contributed by atoms with van der Waals surface area (Å²) in [6, 6.07) is 2.95. The average Bonchev–Trinajstić information content (AvgIpc) is 3.08. The fourth-order valence-electron chi connectivity index (χ4n) is 2.01. The van der Waals surface area contributed by atoms with E-state index >= 15 is 0 Å². The summed E-state index contributed by atoms with van der Waals surface area (Å²) in [4.78, 5) is 0.303. The van der Waals surface area contributed by atoms with Crippen LogP contribution in [0.1, 0.15) is 5.69 Å². The molecule has 0 aliphatic heterocycles. The number of rotatable bonds is 2. The third-order valence-electron chi connectivity index (χ3n) is 2.92. The van der Waals surface area contributed by atoms with Gasteiger partial charge in [-0.3, -0.25) is 4.68 Å². The predicted octanol–water partition coefficient (Wildman–Crippen LogP) is 3.59. The lowest BCUT2D eigenvalue weighted by Gasteiger charge is -2.04. The van der Waals surface area contributed by atoms with Crippen molar-refractivity contribution in [2.75, 3.05) is 5.73 Å². The maximum atomic E-state index is 13.3. The molecule has 0 radical (unpaired) electrons. The van der Waals surface area contributed by atoms with Gasteiger partial charge in [-0.1, -0.05) is 11.6 Å². The zero-order valence-electron chi connectivity index (χ0n) is 11.1. The smallest absolute Gasteiger partial charge is 0.383 e. The van der Waals surface area contributed by atoms with E-state index in [2.05, 4.69) is 10.2 Å². The molecule has 0 bridgehead atoms. The molecular formula is C12H9ClF3N5S. The molecule has 0 amide bonds. The molecule has 0 atom stereocenters. The van der Waals surface area contributed by atoms with Crippen molar-refractivity contribution in [3.05, 3.63) is 34.4 Å². The highest BCUT2D eigenvalue weighted by Crippen LogP contribution is 2.43. The first kappa shape index (κ1) is 14.9. The van der Waals surface area contributed by atoms with E-state index in [1.165, 1.54) is 22.2 Å². The number of hydrogen-bond donors (Lipinski definition) is 1. The van der Waals surface area contributed by atoms with Gasteiger partial charge in [-0.2, -0.15) is 28.1 Å². The van der Waals surface area contributed by atoms with E-state index in [1.807, 2.05) is 0 Å². The molecule has 10 heteroatoms. The van der Waals surface area contributed by atoms with Gasteiger partial charge in [0.25, 0.3) is 0 Å². The normalized spacial score (nSPS) is 12.0. The zero-order chi connectivity index (χ0) is 16.1. The second-order valence-corrected chi connectivity index (χ2v) is 5.84. The van der Waals surface area contributed by atoms with E-state index in [1.54, 1.807) is 13.2 Å². The van der Waals surface area contributed by atoms with Crippen LogP contribution in [0.25, 0.3) is 16.3 Å². The van der Waals surface area contributed by atoms with Crippen LogP contribution in [-0.2, 0) is 13.2 Å². The summed E-state index contributed by atoms with van der Waals surface area (Å²) in [5, 5.41) is 9.51. The minimum atomic E-state index is -4.64. The standard InChI is InChI=1S/C12H9ClF3N5S/c1-20-3-2-8(18-20)21-11(17)9(7-4-6(13)5-22-7)10(19-21)12(14,15)16/h2-5H,17H2,1H3. The number of nitrogen functional groups attached to an aromatic ring is 1. The number of thiophene rings is 1. The van der Waals surface area contributed by atoms with E-state index in [4.69, 9.17) is 17.3 Å². The summed E-state index contributed by atoms with van der Waals surface area (Å²) in [6.07, 6.45) is -3.05. The molecule has 3 aromatic rings. The quantitative estimate of drug-likeness (QED) is 0.770. The van der Waals surface area contributed by atoms with Crippen molar-refractivity contribution in [1.29, 1.82) is 0 Å². The highest BCUT2D eigenvalue weighted by molar-refractivity contribution is 7.14. The number of nitrogens with zero attached hydrogens (tertiary/aromatic N) is 4. The van der Waals surface area contributed by atoms with Gasteiger partial charge < -0.3 is 5.73 Å². The van der Waals surface area contributed by atoms with Gasteiger partial charge in [-0.25, -0.2) is 0 Å². The minimum absolute atomic E-state index is 0.135. The Morgan fingerprint density at radius 1 is 1.32 bits per heavy atom. The fraction of sp³-hybridized carbons (Fsp3) is 0.167. The van der Waals surface area contributed by atoms with E-state index in [0.29, 0.717) is 9.90 Å². The lowest BCUT2D eigenvalue weighted by Crippen LogP contribution is -2.08. The molecule has 0 aromatic carbocycles. The first-order valence-electron chi connectivity index (χ1n) is 5.97. The number of hydrogen-bond acceptors (Lipinski definition) is 4. The second-order valence-electron chi connectivity index (χ2n) is 4.50. The summed E-state index contributed by atoms with van der Waals surface area (Å²) >= 11 is 6.87. The van der Waals surface area contributed by atoms with Gasteiger partial charge in [-0.15, -0.1) is 11.3 Å². The van der Waals surface area contributed by atoms with Gasteiger partial charge in [0.1, 0.15) is 5.82 Å². The Bertz CT molecular complexity index is 832. The molecule has 116 valence electrons. The highest BCUT2D eigenvalue weighted by atomic mass is 35.5. The minimum Gasteiger partial charge on any atom is -0.383 e. The van der Waals surface area contributed by atoms with Crippen molar-refractivity contribution in [2.24, 2.45) is 7.05 Å². The molecule has 0 fully saturated rings. The van der Waals surface area contributed by atoms with Gasteiger partial charge in [-0.05, 0) is 6.07 Å². The molecule has 0 saturated carbocycles. The van der Waals surface area contributed by atoms with Crippen LogP contribution >= 0.6 is 22.9 Å². The molecular weight excluding hydrogens is 339 g/mol. The second kappa shape index (κ2) is 5.03. The summed E-state index contributed by atoms with van der Waals surface area (Å²) in [6.45, 7) is 0. The Hall–Kier alpha value is -2.00. The van der Waals surface area contributed by atoms with Crippen LogP contribution in [0, 0.1) is 0 Å². The topological polar surface area (TPSA) is 61.7 Å². The average molecular weight is 348 g/mol. The number of nitrogens with two attached hydrogens (primary N) is 1. The number of aromatic nitrogens is 4. The lowest BCUT2D eigenvalue weighted by atomic mass is 10.2. The lowest BCUT2D eigenvalue weighted by molar-refractivity contribution is -0.140. The third kappa shape index (κ3) is 2.46. The molecule has 3 rings (SSSR count). The first-order valence-corrected chi connectivity index (χ1v) is 7.23. The summed E-state index contributed by atoms with van der Waals surface area (Å²) in [5.74, 6) is 0.0731. The Morgan fingerprint density at radius 3 is 2.55 bits per heavy atom. The van der Waals surface area contributed by atoms with Crippen LogP contribution < -0.4 is 5.73 Å². The maximum Gasteiger partial charge on any atom is 0.435 e. The van der Waals surface area contributed by atoms with Crippen molar-refractivity contribution >= 4 is 28.8 Å². The summed E-state index contributed by atoms with van der Waals surface area (Å²) in [5.41, 5.74) is 4.65. The highest BCUT2D eigenvalue weighted by Gasteiger charge is 2.40. The fourth-order valence-corrected chi connectivity index (χ4v) is 3.14. The first-order chi connectivity index (χ1) is 10.3. The Kier molecular flexibility index (Phi) is 3.41. The van der Waals surface area contributed by atoms with Crippen molar-refractivity contribution in [3.8, 4) is 16.3 Å². The van der Waals surface area contributed by atoms with E-state index in [9.17, 15) is 13.2 Å². The van der Waals surface area contributed by atoms with Gasteiger partial charge >= 0.3 is 6.18 Å². The number of halogens is 4. The molecule has 0 aliphatic rings. The molecule has 0 spiro atoms.